The highest BCUT2D eigenvalue weighted by Crippen LogP contribution is 2.34. The Morgan fingerprint density at radius 1 is 1.22 bits per heavy atom. The van der Waals surface area contributed by atoms with E-state index in [0.717, 1.165) is 30.9 Å². The van der Waals surface area contributed by atoms with E-state index in [1.54, 1.807) is 7.11 Å². The maximum absolute atomic E-state index is 5.92. The summed E-state index contributed by atoms with van der Waals surface area (Å²) in [5.41, 5.74) is 0. The van der Waals surface area contributed by atoms with Gasteiger partial charge in [-0.05, 0) is 30.7 Å². The summed E-state index contributed by atoms with van der Waals surface area (Å²) in [7, 11) is 1.66. The molecule has 1 aliphatic carbocycles. The van der Waals surface area contributed by atoms with Crippen LogP contribution in [-0.4, -0.2) is 30.8 Å². The maximum atomic E-state index is 5.92. The van der Waals surface area contributed by atoms with E-state index in [9.17, 15) is 0 Å². The molecule has 1 aromatic rings. The molecule has 18 heavy (non-hydrogen) atoms. The Hall–Kier alpha value is -0.740. The van der Waals surface area contributed by atoms with Crippen molar-refractivity contribution in [3.05, 3.63) is 24.3 Å². The van der Waals surface area contributed by atoms with Gasteiger partial charge in [-0.3, -0.25) is 0 Å². The normalized spacial score (nSPS) is 26.5. The third-order valence-electron chi connectivity index (χ3n) is 3.04. The van der Waals surface area contributed by atoms with Crippen LogP contribution in [0.15, 0.2) is 24.3 Å². The third kappa shape index (κ3) is 3.18. The van der Waals surface area contributed by atoms with E-state index in [1.807, 2.05) is 24.3 Å². The Morgan fingerprint density at radius 2 is 1.89 bits per heavy atom. The molecule has 0 spiro atoms. The summed E-state index contributed by atoms with van der Waals surface area (Å²) >= 11 is 3.61. The van der Waals surface area contributed by atoms with Crippen LogP contribution in [-0.2, 0) is 4.74 Å². The molecule has 0 amide bonds. The molecule has 3 unspecified atom stereocenters. The van der Waals surface area contributed by atoms with Gasteiger partial charge in [-0.15, -0.1) is 0 Å². The number of alkyl halides is 1. The van der Waals surface area contributed by atoms with E-state index >= 15 is 0 Å². The Morgan fingerprint density at radius 3 is 2.44 bits per heavy atom. The molecular formula is C14H19BrO3. The van der Waals surface area contributed by atoms with Crippen molar-refractivity contribution in [3.8, 4) is 11.5 Å². The lowest BCUT2D eigenvalue weighted by Gasteiger charge is -2.40. The molecular weight excluding hydrogens is 296 g/mol. The van der Waals surface area contributed by atoms with Gasteiger partial charge >= 0.3 is 0 Å². The average Bonchev–Trinajstić information content (AvgIpc) is 2.39. The van der Waals surface area contributed by atoms with Gasteiger partial charge in [0.15, 0.2) is 0 Å². The lowest BCUT2D eigenvalue weighted by Crippen LogP contribution is -2.52. The maximum Gasteiger partial charge on any atom is 0.127 e. The molecule has 0 saturated heterocycles. The molecule has 0 aromatic heterocycles. The summed E-state index contributed by atoms with van der Waals surface area (Å²) in [5, 5.41) is 0. The van der Waals surface area contributed by atoms with Crippen molar-refractivity contribution in [2.24, 2.45) is 0 Å². The SMILES string of the molecule is CCCOC1C(Br)CC1Oc1ccc(OC)cc1. The lowest BCUT2D eigenvalue weighted by atomic mass is 9.91. The van der Waals surface area contributed by atoms with Gasteiger partial charge in [-0.1, -0.05) is 22.9 Å². The number of rotatable bonds is 6. The molecule has 1 aromatic carbocycles. The van der Waals surface area contributed by atoms with Gasteiger partial charge in [-0.2, -0.15) is 0 Å². The first kappa shape index (κ1) is 13.7. The molecule has 0 N–H and O–H groups in total. The quantitative estimate of drug-likeness (QED) is 0.753. The van der Waals surface area contributed by atoms with Crippen LogP contribution in [0.3, 0.4) is 0 Å². The minimum Gasteiger partial charge on any atom is -0.497 e. The zero-order chi connectivity index (χ0) is 13.0. The van der Waals surface area contributed by atoms with E-state index < -0.39 is 0 Å². The first-order valence-corrected chi connectivity index (χ1v) is 7.22. The number of methoxy groups -OCH3 is 1. The highest BCUT2D eigenvalue weighted by Gasteiger charge is 2.42. The van der Waals surface area contributed by atoms with Gasteiger partial charge in [0.25, 0.3) is 0 Å². The standard InChI is InChI=1S/C14H19BrO3/c1-3-8-17-14-12(15)9-13(14)18-11-6-4-10(16-2)5-7-11/h4-7,12-14H,3,8-9H2,1-2H3. The van der Waals surface area contributed by atoms with Crippen molar-refractivity contribution in [3.63, 3.8) is 0 Å². The average molecular weight is 315 g/mol. The van der Waals surface area contributed by atoms with Crippen LogP contribution in [0.1, 0.15) is 19.8 Å². The second-order valence-corrected chi connectivity index (χ2v) is 5.60. The van der Waals surface area contributed by atoms with Gasteiger partial charge in [0.1, 0.15) is 23.7 Å². The van der Waals surface area contributed by atoms with Crippen LogP contribution in [0.4, 0.5) is 0 Å². The Labute approximate surface area is 117 Å². The molecule has 0 heterocycles. The fourth-order valence-corrected chi connectivity index (χ4v) is 2.80. The number of ether oxygens (including phenoxy) is 3. The van der Waals surface area contributed by atoms with Crippen LogP contribution < -0.4 is 9.47 Å². The van der Waals surface area contributed by atoms with E-state index in [-0.39, 0.29) is 12.2 Å². The van der Waals surface area contributed by atoms with Gasteiger partial charge in [0, 0.05) is 17.9 Å². The molecule has 3 atom stereocenters. The van der Waals surface area contributed by atoms with E-state index in [0.29, 0.717) is 4.83 Å². The van der Waals surface area contributed by atoms with Crippen LogP contribution in [0.5, 0.6) is 11.5 Å². The first-order valence-electron chi connectivity index (χ1n) is 6.31. The van der Waals surface area contributed by atoms with Crippen LogP contribution >= 0.6 is 15.9 Å². The molecule has 0 radical (unpaired) electrons. The van der Waals surface area contributed by atoms with Crippen molar-refractivity contribution in [2.45, 2.75) is 36.8 Å². The number of benzene rings is 1. The molecule has 1 aliphatic rings. The van der Waals surface area contributed by atoms with Crippen molar-refractivity contribution in [1.29, 1.82) is 0 Å². The lowest BCUT2D eigenvalue weighted by molar-refractivity contribution is -0.0762. The topological polar surface area (TPSA) is 27.7 Å². The van der Waals surface area contributed by atoms with Crippen molar-refractivity contribution in [1.82, 2.24) is 0 Å². The summed E-state index contributed by atoms with van der Waals surface area (Å²) in [6.07, 6.45) is 2.33. The highest BCUT2D eigenvalue weighted by atomic mass is 79.9. The van der Waals surface area contributed by atoms with E-state index in [4.69, 9.17) is 14.2 Å². The Balaban J connectivity index is 1.88. The van der Waals surface area contributed by atoms with Crippen molar-refractivity contribution in [2.75, 3.05) is 13.7 Å². The monoisotopic (exact) mass is 314 g/mol. The highest BCUT2D eigenvalue weighted by molar-refractivity contribution is 9.09. The molecule has 0 aliphatic heterocycles. The zero-order valence-electron chi connectivity index (χ0n) is 10.8. The van der Waals surface area contributed by atoms with Crippen LogP contribution in [0, 0.1) is 0 Å². The molecule has 3 nitrogen and oxygen atoms in total. The van der Waals surface area contributed by atoms with Crippen LogP contribution in [0.2, 0.25) is 0 Å². The predicted octanol–water partition coefficient (Wildman–Crippen LogP) is 3.41. The van der Waals surface area contributed by atoms with Gasteiger partial charge in [0.05, 0.1) is 7.11 Å². The van der Waals surface area contributed by atoms with Gasteiger partial charge < -0.3 is 14.2 Å². The van der Waals surface area contributed by atoms with Gasteiger partial charge in [0.2, 0.25) is 0 Å². The predicted molar refractivity (Wildman–Crippen MR) is 74.8 cm³/mol. The second kappa shape index (κ2) is 6.43. The molecule has 1 saturated carbocycles. The Bertz CT molecular complexity index is 366. The van der Waals surface area contributed by atoms with Crippen molar-refractivity contribution < 1.29 is 14.2 Å². The molecule has 100 valence electrons. The zero-order valence-corrected chi connectivity index (χ0v) is 12.4. The molecule has 1 fully saturated rings. The minimum absolute atomic E-state index is 0.148. The number of hydrogen-bond donors (Lipinski definition) is 0. The fraction of sp³-hybridized carbons (Fsp3) is 0.571. The molecule has 2 rings (SSSR count). The molecule has 4 heteroatoms. The number of hydrogen-bond acceptors (Lipinski definition) is 3. The Kier molecular flexibility index (Phi) is 4.89. The van der Waals surface area contributed by atoms with Crippen molar-refractivity contribution >= 4 is 15.9 Å². The smallest absolute Gasteiger partial charge is 0.127 e. The summed E-state index contributed by atoms with van der Waals surface area (Å²) in [6.45, 7) is 2.90. The first-order chi connectivity index (χ1) is 8.74. The largest absolute Gasteiger partial charge is 0.497 e. The summed E-state index contributed by atoms with van der Waals surface area (Å²) in [5.74, 6) is 1.71. The minimum atomic E-state index is 0.148. The number of halogens is 1. The van der Waals surface area contributed by atoms with Crippen LogP contribution in [0.25, 0.3) is 0 Å². The van der Waals surface area contributed by atoms with E-state index in [2.05, 4.69) is 22.9 Å². The second-order valence-electron chi connectivity index (χ2n) is 4.42. The molecule has 0 bridgehead atoms. The third-order valence-corrected chi connectivity index (χ3v) is 3.94. The summed E-state index contributed by atoms with van der Waals surface area (Å²) < 4.78 is 16.8. The van der Waals surface area contributed by atoms with E-state index in [1.165, 1.54) is 0 Å². The summed E-state index contributed by atoms with van der Waals surface area (Å²) in [6, 6.07) is 7.66. The summed E-state index contributed by atoms with van der Waals surface area (Å²) in [4.78, 5) is 0.410. The van der Waals surface area contributed by atoms with Gasteiger partial charge in [-0.25, -0.2) is 0 Å². The fourth-order valence-electron chi connectivity index (χ4n) is 1.94.